The second-order valence-electron chi connectivity index (χ2n) is 20.1. The summed E-state index contributed by atoms with van der Waals surface area (Å²) in [6.45, 7) is 18.0. The number of hydrogen-bond donors (Lipinski definition) is 3. The summed E-state index contributed by atoms with van der Waals surface area (Å²) in [5.41, 5.74) is 20.5. The molecular weight excluding hydrogens is 1120 g/mol. The van der Waals surface area contributed by atoms with E-state index in [1.165, 1.54) is 50.1 Å². The first-order valence-electron chi connectivity index (χ1n) is 28.2. The Hall–Kier alpha value is -7.78. The second-order valence-corrected chi connectivity index (χ2v) is 20.4. The van der Waals surface area contributed by atoms with E-state index >= 15 is 0 Å². The van der Waals surface area contributed by atoms with Crippen LogP contribution in [0.3, 0.4) is 0 Å². The van der Waals surface area contributed by atoms with Gasteiger partial charge in [0.1, 0.15) is 24.7 Å². The highest BCUT2D eigenvalue weighted by Gasteiger charge is 2.29. The number of esters is 1. The van der Waals surface area contributed by atoms with Crippen LogP contribution >= 0.6 is 11.6 Å². The van der Waals surface area contributed by atoms with Crippen molar-refractivity contribution in [2.75, 3.05) is 46.8 Å². The fourth-order valence-corrected chi connectivity index (χ4v) is 6.93. The average molecular weight is 1200 g/mol. The van der Waals surface area contributed by atoms with Crippen LogP contribution in [0.2, 0.25) is 0 Å². The van der Waals surface area contributed by atoms with Gasteiger partial charge in [-0.2, -0.15) is 13.2 Å². The third-order valence-electron chi connectivity index (χ3n) is 11.9. The molecule has 8 aromatic rings. The lowest BCUT2D eigenvalue weighted by molar-refractivity contribution is -0.185. The molecule has 1 heterocycles. The van der Waals surface area contributed by atoms with Crippen molar-refractivity contribution in [1.82, 2.24) is 0 Å². The molecule has 1 unspecified atom stereocenters. The Morgan fingerprint density at radius 1 is 0.512 bits per heavy atom. The highest BCUT2D eigenvalue weighted by molar-refractivity contribution is 6.17. The van der Waals surface area contributed by atoms with Crippen molar-refractivity contribution in [2.24, 2.45) is 5.73 Å². The smallest absolute Gasteiger partial charge is 0.422 e. The van der Waals surface area contributed by atoms with Crippen LogP contribution < -0.4 is 15.2 Å². The van der Waals surface area contributed by atoms with Crippen molar-refractivity contribution in [3.63, 3.8) is 0 Å². The maximum absolute atomic E-state index is 11.7. The molecule has 0 spiro atoms. The van der Waals surface area contributed by atoms with Gasteiger partial charge in [-0.3, -0.25) is 9.59 Å². The molecule has 8 aromatic carbocycles. The Bertz CT molecular complexity index is 2950. The Kier molecular flexibility index (Phi) is 37.8. The quantitative estimate of drug-likeness (QED) is 0.0369. The monoisotopic (exact) mass is 1200 g/mol. The van der Waals surface area contributed by atoms with Gasteiger partial charge in [0.2, 0.25) is 0 Å². The number of methoxy groups -OCH3 is 1. The van der Waals surface area contributed by atoms with Gasteiger partial charge in [-0.1, -0.05) is 220 Å². The van der Waals surface area contributed by atoms with E-state index in [0.29, 0.717) is 43.9 Å². The highest BCUT2D eigenvalue weighted by Crippen LogP contribution is 2.18. The van der Waals surface area contributed by atoms with E-state index < -0.39 is 24.7 Å². The fraction of sp³-hybridized carbons (Fsp3) is 0.306. The van der Waals surface area contributed by atoms with Crippen molar-refractivity contribution >= 4 is 23.5 Å². The van der Waals surface area contributed by atoms with E-state index in [-0.39, 0.29) is 19.4 Å². The number of carbonyl (C=O) groups excluding carboxylic acids is 1. The molecule has 0 aromatic heterocycles. The molecule has 1 aliphatic rings. The lowest BCUT2D eigenvalue weighted by atomic mass is 10.1. The van der Waals surface area contributed by atoms with E-state index in [1.807, 2.05) is 124 Å². The van der Waals surface area contributed by atoms with Crippen LogP contribution in [0.1, 0.15) is 72.3 Å². The third-order valence-corrected chi connectivity index (χ3v) is 12.2. The molecule has 1 atom stereocenters. The van der Waals surface area contributed by atoms with Crippen LogP contribution in [0.25, 0.3) is 0 Å². The molecule has 1 fully saturated rings. The molecule has 0 saturated carbocycles. The fourth-order valence-electron chi connectivity index (χ4n) is 6.75. The van der Waals surface area contributed by atoms with Gasteiger partial charge in [0.05, 0.1) is 38.8 Å². The molecule has 1 saturated heterocycles. The SMILES string of the molecule is COCCOc1ccc(C)cc1.Cc1ccc(CC(=O)O)cc1.Cc1ccc(CC(=O)OCC(F)(F)F)cc1.Cc1ccc(CC2CO2)cc1.Cc1ccc(CCl)cc1.Cc1ccc(CN)cc1.Cc1ccc(OCCO)cc1.Cc1ccccc1. The van der Waals surface area contributed by atoms with Crippen molar-refractivity contribution < 1.29 is 56.7 Å². The summed E-state index contributed by atoms with van der Waals surface area (Å²) in [6.07, 6.45) is -2.91. The number of rotatable bonds is 16. The maximum Gasteiger partial charge on any atom is 0.422 e. The molecule has 1 aliphatic heterocycles. The van der Waals surface area contributed by atoms with Crippen molar-refractivity contribution in [1.29, 1.82) is 0 Å². The number of aliphatic hydroxyl groups excluding tert-OH is 1. The van der Waals surface area contributed by atoms with Crippen molar-refractivity contribution in [3.05, 3.63) is 273 Å². The number of carboxylic acids is 1. The summed E-state index contributed by atoms with van der Waals surface area (Å²) >= 11 is 5.58. The normalized spacial score (nSPS) is 11.4. The number of carbonyl (C=O) groups is 2. The minimum Gasteiger partial charge on any atom is -0.491 e. The molecule has 0 amide bonds. The Morgan fingerprint density at radius 2 is 0.860 bits per heavy atom. The van der Waals surface area contributed by atoms with Gasteiger partial charge in [0.25, 0.3) is 0 Å². The van der Waals surface area contributed by atoms with Gasteiger partial charge < -0.3 is 39.6 Å². The predicted octanol–water partition coefficient (Wildman–Crippen LogP) is 15.8. The van der Waals surface area contributed by atoms with Crippen LogP contribution in [0.4, 0.5) is 13.2 Å². The van der Waals surface area contributed by atoms with Crippen molar-refractivity contribution in [3.8, 4) is 11.5 Å². The summed E-state index contributed by atoms with van der Waals surface area (Å²) in [5, 5.41) is 16.9. The number of epoxide rings is 1. The van der Waals surface area contributed by atoms with Crippen LogP contribution in [-0.4, -0.2) is 81.2 Å². The van der Waals surface area contributed by atoms with Gasteiger partial charge in [0.15, 0.2) is 6.61 Å². The third kappa shape index (κ3) is 39.7. The minimum atomic E-state index is -4.47. The van der Waals surface area contributed by atoms with Gasteiger partial charge in [-0.15, -0.1) is 11.6 Å². The van der Waals surface area contributed by atoms with Crippen molar-refractivity contribution in [2.45, 2.75) is 99.4 Å². The Labute approximate surface area is 513 Å². The molecule has 10 nitrogen and oxygen atoms in total. The number of ether oxygens (including phenoxy) is 5. The molecule has 9 rings (SSSR count). The van der Waals surface area contributed by atoms with Gasteiger partial charge >= 0.3 is 18.1 Å². The molecule has 0 radical (unpaired) electrons. The standard InChI is InChI=1S/C11H11F3O2.C10H14O2.C10H12O.C9H12O2.C9H10O2.C8H9Cl.C8H11N.C7H8/c1-8-2-4-9(5-3-8)6-10(15)16-7-11(12,13)14;1-9-3-5-10(6-4-9)12-8-7-11-2;1-8-2-4-9(5-3-8)6-10-7-11-10;1-8-2-4-9(5-3-8)11-7-6-10;1-7-2-4-8(5-3-7)6-9(10)11;2*1-7-2-4-8(6-9)5-3-7;1-7-5-3-2-4-6-7/h2-5H,6-7H2,1H3;3-6H,7-8H2,1-2H3;2*2-5,10H,6-7H2,1H3;2-5H,6H2,1H3,(H,10,11);2-5H,6H2,1H3;2-5H,6,9H2,1H3;2-6H,1H3. The van der Waals surface area contributed by atoms with E-state index in [1.54, 1.807) is 31.4 Å². The first-order chi connectivity index (χ1) is 41.1. The molecular formula is C72H87ClF3NO9. The first-order valence-corrected chi connectivity index (χ1v) is 28.7. The zero-order valence-electron chi connectivity index (χ0n) is 51.2. The molecule has 86 heavy (non-hydrogen) atoms. The minimum absolute atomic E-state index is 0.0634. The summed E-state index contributed by atoms with van der Waals surface area (Å²) in [7, 11) is 1.67. The summed E-state index contributed by atoms with van der Waals surface area (Å²) in [6, 6.07) is 65.6. The van der Waals surface area contributed by atoms with Crippen LogP contribution in [0.15, 0.2) is 200 Å². The second kappa shape index (κ2) is 43.8. The Morgan fingerprint density at radius 3 is 1.19 bits per heavy atom. The Balaban J connectivity index is 0.000000338. The summed E-state index contributed by atoms with van der Waals surface area (Å²) in [5.74, 6) is 0.664. The number of nitrogens with two attached hydrogens (primary N) is 1. The zero-order chi connectivity index (χ0) is 63.5. The number of benzene rings is 8. The molecule has 4 N–H and O–H groups in total. The van der Waals surface area contributed by atoms with Crippen LogP contribution in [0, 0.1) is 55.4 Å². The van der Waals surface area contributed by atoms with E-state index in [0.717, 1.165) is 41.2 Å². The van der Waals surface area contributed by atoms with Crippen LogP contribution in [-0.2, 0) is 55.5 Å². The highest BCUT2D eigenvalue weighted by atomic mass is 35.5. The summed E-state index contributed by atoms with van der Waals surface area (Å²) in [4.78, 5) is 21.3. The first kappa shape index (κ1) is 74.3. The molecule has 14 heteroatoms. The summed E-state index contributed by atoms with van der Waals surface area (Å²) < 4.78 is 59.8. The van der Waals surface area contributed by atoms with Gasteiger partial charge in [0, 0.05) is 26.0 Å². The zero-order valence-corrected chi connectivity index (χ0v) is 52.0. The van der Waals surface area contributed by atoms with Crippen LogP contribution in [0.5, 0.6) is 11.5 Å². The topological polar surface area (TPSA) is 150 Å². The van der Waals surface area contributed by atoms with E-state index in [4.69, 9.17) is 46.5 Å². The molecule has 0 bridgehead atoms. The van der Waals surface area contributed by atoms with E-state index in [9.17, 15) is 22.8 Å². The number of halogens is 4. The molecule has 462 valence electrons. The largest absolute Gasteiger partial charge is 0.491 e. The predicted molar refractivity (Wildman–Crippen MR) is 342 cm³/mol. The number of alkyl halides is 4. The number of aliphatic hydroxyl groups is 1. The van der Waals surface area contributed by atoms with Gasteiger partial charge in [-0.05, 0) is 107 Å². The van der Waals surface area contributed by atoms with Gasteiger partial charge in [-0.25, -0.2) is 0 Å². The lowest BCUT2D eigenvalue weighted by Gasteiger charge is -2.07. The number of hydrogen-bond acceptors (Lipinski definition) is 9. The average Bonchev–Trinajstić information content (AvgIpc) is 4.49. The molecule has 0 aliphatic carbocycles. The number of carboxylic acid groups (broad SMARTS) is 1. The lowest BCUT2D eigenvalue weighted by Crippen LogP contribution is -2.21. The van der Waals surface area contributed by atoms with E-state index in [2.05, 4.69) is 112 Å². The number of aliphatic carboxylic acids is 1. The number of aryl methyl sites for hydroxylation is 8. The maximum atomic E-state index is 11.7.